The Bertz CT molecular complexity index is 653. The van der Waals surface area contributed by atoms with Crippen molar-refractivity contribution in [3.8, 4) is 11.5 Å². The standard InChI is InChI=1S/C19H22BrNO2/c1-4-9-23-19-17(20)10-16(11-18(19)22-3)13-21-12-15-7-5-14(2)6-8-15/h4-8,10-11,21H,1,9,12-13H2,2-3H3/p+1. The highest BCUT2D eigenvalue weighted by Crippen LogP contribution is 2.36. The third kappa shape index (κ3) is 5.12. The Morgan fingerprint density at radius 2 is 1.83 bits per heavy atom. The van der Waals surface area contributed by atoms with E-state index in [0.29, 0.717) is 6.61 Å². The molecular weight excluding hydrogens is 354 g/mol. The lowest BCUT2D eigenvalue weighted by atomic mass is 10.1. The molecule has 0 saturated heterocycles. The minimum absolute atomic E-state index is 0.452. The molecule has 2 rings (SSSR count). The maximum Gasteiger partial charge on any atom is 0.175 e. The van der Waals surface area contributed by atoms with Crippen molar-refractivity contribution in [2.45, 2.75) is 20.0 Å². The predicted octanol–water partition coefficient (Wildman–Crippen LogP) is 3.59. The Hall–Kier alpha value is -1.78. The van der Waals surface area contributed by atoms with E-state index in [0.717, 1.165) is 29.1 Å². The van der Waals surface area contributed by atoms with Crippen LogP contribution in [0.2, 0.25) is 0 Å². The maximum absolute atomic E-state index is 5.65. The summed E-state index contributed by atoms with van der Waals surface area (Å²) >= 11 is 3.56. The van der Waals surface area contributed by atoms with Crippen LogP contribution in [0.5, 0.6) is 11.5 Å². The van der Waals surface area contributed by atoms with Gasteiger partial charge in [-0.15, -0.1) is 0 Å². The Balaban J connectivity index is 2.00. The van der Waals surface area contributed by atoms with E-state index in [9.17, 15) is 0 Å². The Labute approximate surface area is 146 Å². The number of ether oxygens (including phenoxy) is 2. The van der Waals surface area contributed by atoms with Gasteiger partial charge in [0, 0.05) is 11.1 Å². The first kappa shape index (κ1) is 17.6. The van der Waals surface area contributed by atoms with Gasteiger partial charge in [0.25, 0.3) is 0 Å². The molecule has 0 aliphatic heterocycles. The monoisotopic (exact) mass is 376 g/mol. The van der Waals surface area contributed by atoms with Crippen molar-refractivity contribution in [1.29, 1.82) is 0 Å². The molecule has 0 bridgehead atoms. The molecule has 2 aromatic rings. The van der Waals surface area contributed by atoms with E-state index < -0.39 is 0 Å². The highest BCUT2D eigenvalue weighted by Gasteiger charge is 2.12. The topological polar surface area (TPSA) is 35.1 Å². The average Bonchev–Trinajstić information content (AvgIpc) is 2.55. The van der Waals surface area contributed by atoms with Crippen LogP contribution >= 0.6 is 15.9 Å². The van der Waals surface area contributed by atoms with Gasteiger partial charge in [-0.25, -0.2) is 0 Å². The Kier molecular flexibility index (Phi) is 6.68. The highest BCUT2D eigenvalue weighted by atomic mass is 79.9. The summed E-state index contributed by atoms with van der Waals surface area (Å²) in [4.78, 5) is 0. The number of methoxy groups -OCH3 is 1. The van der Waals surface area contributed by atoms with Gasteiger partial charge in [-0.05, 0) is 35.0 Å². The van der Waals surface area contributed by atoms with Gasteiger partial charge in [0.2, 0.25) is 0 Å². The van der Waals surface area contributed by atoms with Crippen LogP contribution in [0.15, 0.2) is 53.5 Å². The molecule has 23 heavy (non-hydrogen) atoms. The van der Waals surface area contributed by atoms with Crippen molar-refractivity contribution >= 4 is 15.9 Å². The van der Waals surface area contributed by atoms with E-state index in [1.807, 2.05) is 6.07 Å². The molecule has 0 aliphatic carbocycles. The summed E-state index contributed by atoms with van der Waals surface area (Å²) in [6.07, 6.45) is 1.72. The average molecular weight is 377 g/mol. The molecule has 3 nitrogen and oxygen atoms in total. The lowest BCUT2D eigenvalue weighted by Crippen LogP contribution is -2.80. The number of rotatable bonds is 8. The van der Waals surface area contributed by atoms with Gasteiger partial charge >= 0.3 is 0 Å². The van der Waals surface area contributed by atoms with Gasteiger partial charge < -0.3 is 14.8 Å². The Morgan fingerprint density at radius 3 is 2.48 bits per heavy atom. The van der Waals surface area contributed by atoms with Gasteiger partial charge in [-0.3, -0.25) is 0 Å². The molecule has 2 N–H and O–H groups in total. The Morgan fingerprint density at radius 1 is 1.13 bits per heavy atom. The molecule has 122 valence electrons. The maximum atomic E-state index is 5.65. The normalized spacial score (nSPS) is 10.4. The van der Waals surface area contributed by atoms with Gasteiger partial charge in [0.05, 0.1) is 11.6 Å². The quantitative estimate of drug-likeness (QED) is 0.714. The molecule has 0 heterocycles. The zero-order valence-corrected chi connectivity index (χ0v) is 15.2. The summed E-state index contributed by atoms with van der Waals surface area (Å²) in [6.45, 7) is 8.06. The van der Waals surface area contributed by atoms with Crippen molar-refractivity contribution in [2.75, 3.05) is 13.7 Å². The number of quaternary nitrogens is 1. The fourth-order valence-corrected chi connectivity index (χ4v) is 2.91. The smallest absolute Gasteiger partial charge is 0.175 e. The van der Waals surface area contributed by atoms with Crippen LogP contribution in [0.4, 0.5) is 0 Å². The molecule has 2 aromatic carbocycles. The summed E-state index contributed by atoms with van der Waals surface area (Å²) in [5, 5.41) is 2.27. The summed E-state index contributed by atoms with van der Waals surface area (Å²) in [7, 11) is 1.66. The highest BCUT2D eigenvalue weighted by molar-refractivity contribution is 9.10. The van der Waals surface area contributed by atoms with Gasteiger partial charge in [0.1, 0.15) is 19.7 Å². The first-order valence-corrected chi connectivity index (χ1v) is 8.40. The number of hydrogen-bond donors (Lipinski definition) is 1. The number of nitrogens with two attached hydrogens (primary N) is 1. The summed E-state index contributed by atoms with van der Waals surface area (Å²) in [5.74, 6) is 1.45. The van der Waals surface area contributed by atoms with Crippen LogP contribution in [0.1, 0.15) is 16.7 Å². The first-order chi connectivity index (χ1) is 11.1. The molecule has 4 heteroatoms. The first-order valence-electron chi connectivity index (χ1n) is 7.61. The van der Waals surface area contributed by atoms with Crippen molar-refractivity contribution in [2.24, 2.45) is 0 Å². The molecule has 0 radical (unpaired) electrons. The van der Waals surface area contributed by atoms with Gasteiger partial charge in [0.15, 0.2) is 11.5 Å². The van der Waals surface area contributed by atoms with Crippen LogP contribution in [0.25, 0.3) is 0 Å². The van der Waals surface area contributed by atoms with E-state index >= 15 is 0 Å². The number of hydrogen-bond acceptors (Lipinski definition) is 2. The lowest BCUT2D eigenvalue weighted by molar-refractivity contribution is -0.686. The van der Waals surface area contributed by atoms with Crippen LogP contribution in [0.3, 0.4) is 0 Å². The molecule has 0 aromatic heterocycles. The minimum atomic E-state index is 0.452. The van der Waals surface area contributed by atoms with Crippen molar-refractivity contribution in [3.05, 3.63) is 70.2 Å². The summed E-state index contributed by atoms with van der Waals surface area (Å²) in [6, 6.07) is 12.7. The number of benzene rings is 2. The second-order valence-corrected chi connectivity index (χ2v) is 6.25. The molecule has 0 spiro atoms. The van der Waals surface area contributed by atoms with Gasteiger partial charge in [-0.1, -0.05) is 42.5 Å². The second-order valence-electron chi connectivity index (χ2n) is 5.39. The molecule has 0 fully saturated rings. The third-order valence-electron chi connectivity index (χ3n) is 3.52. The van der Waals surface area contributed by atoms with Crippen molar-refractivity contribution < 1.29 is 14.8 Å². The van der Waals surface area contributed by atoms with E-state index in [4.69, 9.17) is 9.47 Å². The largest absolute Gasteiger partial charge is 0.493 e. The van der Waals surface area contributed by atoms with Crippen molar-refractivity contribution in [1.82, 2.24) is 0 Å². The molecule has 0 saturated carbocycles. The summed E-state index contributed by atoms with van der Waals surface area (Å²) in [5.41, 5.74) is 3.80. The second kappa shape index (κ2) is 8.75. The molecule has 0 amide bonds. The zero-order valence-electron chi connectivity index (χ0n) is 13.6. The molecule has 0 unspecified atom stereocenters. The number of halogens is 1. The van der Waals surface area contributed by atoms with E-state index in [2.05, 4.69) is 65.1 Å². The molecule has 0 aliphatic rings. The molecule has 0 atom stereocenters. The lowest BCUT2D eigenvalue weighted by Gasteiger charge is -2.13. The van der Waals surface area contributed by atoms with Crippen LogP contribution < -0.4 is 14.8 Å². The SMILES string of the molecule is C=CCOc1c(Br)cc(C[NH2+]Cc2ccc(C)cc2)cc1OC. The number of aryl methyl sites for hydroxylation is 1. The van der Waals surface area contributed by atoms with E-state index in [-0.39, 0.29) is 0 Å². The van der Waals surface area contributed by atoms with Crippen molar-refractivity contribution in [3.63, 3.8) is 0 Å². The van der Waals surface area contributed by atoms with Crippen LogP contribution in [0, 0.1) is 6.92 Å². The fraction of sp³-hybridized carbons (Fsp3) is 0.263. The zero-order chi connectivity index (χ0) is 16.7. The summed E-state index contributed by atoms with van der Waals surface area (Å²) < 4.78 is 12.0. The van der Waals surface area contributed by atoms with E-state index in [1.165, 1.54) is 16.7 Å². The van der Waals surface area contributed by atoms with Crippen LogP contribution in [-0.2, 0) is 13.1 Å². The minimum Gasteiger partial charge on any atom is -0.493 e. The van der Waals surface area contributed by atoms with Crippen LogP contribution in [-0.4, -0.2) is 13.7 Å². The third-order valence-corrected chi connectivity index (χ3v) is 4.10. The van der Waals surface area contributed by atoms with Gasteiger partial charge in [-0.2, -0.15) is 0 Å². The van der Waals surface area contributed by atoms with E-state index in [1.54, 1.807) is 13.2 Å². The predicted molar refractivity (Wildman–Crippen MR) is 96.9 cm³/mol. The fourth-order valence-electron chi connectivity index (χ4n) is 2.30. The molecular formula is C19H23BrNO2+.